The van der Waals surface area contributed by atoms with E-state index in [2.05, 4.69) is 9.97 Å². The Morgan fingerprint density at radius 3 is 2.51 bits per heavy atom. The monoisotopic (exact) mass is 492 g/mol. The van der Waals surface area contributed by atoms with E-state index >= 15 is 0 Å². The number of piperazine rings is 1. The Morgan fingerprint density at radius 1 is 1.09 bits per heavy atom. The van der Waals surface area contributed by atoms with Gasteiger partial charge in [0.25, 0.3) is 5.91 Å². The summed E-state index contributed by atoms with van der Waals surface area (Å²) >= 11 is 1.56. The highest BCUT2D eigenvalue weighted by Gasteiger charge is 2.34. The van der Waals surface area contributed by atoms with Crippen LogP contribution in [0.5, 0.6) is 0 Å². The van der Waals surface area contributed by atoms with Gasteiger partial charge in [0.05, 0.1) is 18.7 Å². The molecule has 0 aliphatic carbocycles. The van der Waals surface area contributed by atoms with Crippen molar-refractivity contribution in [3.63, 3.8) is 0 Å². The average molecular weight is 493 g/mol. The summed E-state index contributed by atoms with van der Waals surface area (Å²) in [7, 11) is 0. The predicted octanol–water partition coefficient (Wildman–Crippen LogP) is 3.61. The highest BCUT2D eigenvalue weighted by molar-refractivity contribution is 7.10. The minimum atomic E-state index is -0.632. The smallest absolute Gasteiger partial charge is 0.342 e. The lowest BCUT2D eigenvalue weighted by molar-refractivity contribution is -0.134. The Morgan fingerprint density at radius 2 is 1.86 bits per heavy atom. The van der Waals surface area contributed by atoms with E-state index in [1.165, 1.54) is 0 Å². The first kappa shape index (κ1) is 24.5. The molecule has 0 radical (unpaired) electrons. The minimum Gasteiger partial charge on any atom is -0.462 e. The molecule has 1 unspecified atom stereocenters. The van der Waals surface area contributed by atoms with Crippen molar-refractivity contribution in [3.8, 4) is 11.3 Å². The van der Waals surface area contributed by atoms with Gasteiger partial charge in [-0.2, -0.15) is 0 Å². The van der Waals surface area contributed by atoms with E-state index in [4.69, 9.17) is 4.74 Å². The van der Waals surface area contributed by atoms with Crippen LogP contribution in [0.2, 0.25) is 0 Å². The summed E-state index contributed by atoms with van der Waals surface area (Å²) in [5.41, 5.74) is 1.17. The normalized spacial score (nSPS) is 15.7. The molecule has 1 aromatic carbocycles. The molecule has 8 nitrogen and oxygen atoms in total. The molecule has 1 fully saturated rings. The molecule has 0 N–H and O–H groups in total. The summed E-state index contributed by atoms with van der Waals surface area (Å²) in [6.07, 6.45) is 0.356. The number of esters is 1. The summed E-state index contributed by atoms with van der Waals surface area (Å²) in [5, 5.41) is 1.96. The average Bonchev–Trinajstić information content (AvgIpc) is 3.36. The Hall–Kier alpha value is -3.59. The number of rotatable bonds is 6. The van der Waals surface area contributed by atoms with Crippen molar-refractivity contribution in [2.45, 2.75) is 33.2 Å². The van der Waals surface area contributed by atoms with Crippen molar-refractivity contribution in [1.82, 2.24) is 19.8 Å². The highest BCUT2D eigenvalue weighted by Crippen LogP contribution is 2.26. The van der Waals surface area contributed by atoms with E-state index in [0.29, 0.717) is 43.1 Å². The van der Waals surface area contributed by atoms with Gasteiger partial charge in [0.15, 0.2) is 0 Å². The maximum Gasteiger partial charge on any atom is 0.342 e. The van der Waals surface area contributed by atoms with Crippen molar-refractivity contribution in [1.29, 1.82) is 0 Å². The SMILES string of the molecule is CCOC(=O)c1c(C(=O)N2CCN(C(=O)Cc3cccs3)C(C)C2)nc(C)nc1-c1ccccc1. The van der Waals surface area contributed by atoms with Crippen LogP contribution in [0.3, 0.4) is 0 Å². The van der Waals surface area contributed by atoms with Gasteiger partial charge in [0, 0.05) is 36.1 Å². The first-order chi connectivity index (χ1) is 16.9. The molecule has 0 bridgehead atoms. The van der Waals surface area contributed by atoms with Gasteiger partial charge < -0.3 is 14.5 Å². The van der Waals surface area contributed by atoms with Gasteiger partial charge in [0.1, 0.15) is 17.1 Å². The summed E-state index contributed by atoms with van der Waals surface area (Å²) < 4.78 is 5.29. The standard InChI is InChI=1S/C26H28N4O4S/c1-4-34-26(33)22-23(19-9-6-5-7-10-19)27-18(3)28-24(22)25(32)29-12-13-30(17(2)16-29)21(31)15-20-11-8-14-35-20/h5-11,14,17H,4,12-13,15-16H2,1-3H3. The number of carbonyl (C=O) groups is 3. The van der Waals surface area contributed by atoms with Gasteiger partial charge in [-0.3, -0.25) is 9.59 Å². The fraction of sp³-hybridized carbons (Fsp3) is 0.346. The molecular weight excluding hydrogens is 464 g/mol. The number of aryl methyl sites for hydroxylation is 1. The molecule has 3 heterocycles. The Bertz CT molecular complexity index is 1210. The van der Waals surface area contributed by atoms with Crippen LogP contribution in [0.15, 0.2) is 47.8 Å². The maximum atomic E-state index is 13.7. The van der Waals surface area contributed by atoms with Crippen molar-refractivity contribution >= 4 is 29.1 Å². The fourth-order valence-corrected chi connectivity index (χ4v) is 4.95. The number of hydrogen-bond donors (Lipinski definition) is 0. The first-order valence-electron chi connectivity index (χ1n) is 11.6. The number of nitrogens with zero attached hydrogens (tertiary/aromatic N) is 4. The highest BCUT2D eigenvalue weighted by atomic mass is 32.1. The molecule has 2 aromatic heterocycles. The van der Waals surface area contributed by atoms with E-state index in [1.807, 2.05) is 59.7 Å². The molecule has 35 heavy (non-hydrogen) atoms. The summed E-state index contributed by atoms with van der Waals surface area (Å²) in [6.45, 7) is 6.62. The fourth-order valence-electron chi connectivity index (χ4n) is 4.25. The molecule has 1 aliphatic heterocycles. The lowest BCUT2D eigenvalue weighted by atomic mass is 10.0. The zero-order chi connectivity index (χ0) is 24.9. The van der Waals surface area contributed by atoms with Crippen LogP contribution in [0.4, 0.5) is 0 Å². The number of aromatic nitrogens is 2. The van der Waals surface area contributed by atoms with Crippen LogP contribution < -0.4 is 0 Å². The van der Waals surface area contributed by atoms with Gasteiger partial charge in [0.2, 0.25) is 5.91 Å². The molecule has 1 aliphatic rings. The van der Waals surface area contributed by atoms with Crippen molar-refractivity contribution < 1.29 is 19.1 Å². The molecule has 182 valence electrons. The number of benzene rings is 1. The second-order valence-corrected chi connectivity index (χ2v) is 9.41. The van der Waals surface area contributed by atoms with Crippen molar-refractivity contribution in [2.75, 3.05) is 26.2 Å². The summed E-state index contributed by atoms with van der Waals surface area (Å²) in [6, 6.07) is 12.9. The van der Waals surface area contributed by atoms with Crippen LogP contribution in [0, 0.1) is 6.92 Å². The van der Waals surface area contributed by atoms with Gasteiger partial charge >= 0.3 is 5.97 Å². The quantitative estimate of drug-likeness (QED) is 0.488. The Kier molecular flexibility index (Phi) is 7.55. The second-order valence-electron chi connectivity index (χ2n) is 8.37. The Labute approximate surface area is 208 Å². The third-order valence-corrected chi connectivity index (χ3v) is 6.77. The van der Waals surface area contributed by atoms with Crippen LogP contribution >= 0.6 is 11.3 Å². The molecule has 2 amide bonds. The predicted molar refractivity (Wildman–Crippen MR) is 133 cm³/mol. The molecule has 3 aromatic rings. The summed E-state index contributed by atoms with van der Waals surface area (Å²) in [5.74, 6) is -0.568. The van der Waals surface area contributed by atoms with Crippen LogP contribution in [0.25, 0.3) is 11.3 Å². The largest absolute Gasteiger partial charge is 0.462 e. The number of thiophene rings is 1. The van der Waals surface area contributed by atoms with E-state index in [0.717, 1.165) is 4.88 Å². The molecule has 4 rings (SSSR count). The molecule has 1 atom stereocenters. The van der Waals surface area contributed by atoms with Gasteiger partial charge in [-0.25, -0.2) is 14.8 Å². The third kappa shape index (κ3) is 5.40. The Balaban J connectivity index is 1.61. The van der Waals surface area contributed by atoms with E-state index in [9.17, 15) is 14.4 Å². The van der Waals surface area contributed by atoms with Gasteiger partial charge in [-0.1, -0.05) is 36.4 Å². The molecule has 0 saturated carbocycles. The van der Waals surface area contributed by atoms with E-state index in [-0.39, 0.29) is 35.7 Å². The maximum absolute atomic E-state index is 13.7. The minimum absolute atomic E-state index is 0.0281. The number of amides is 2. The van der Waals surface area contributed by atoms with Crippen molar-refractivity contribution in [3.05, 3.63) is 69.8 Å². The molecule has 1 saturated heterocycles. The zero-order valence-electron chi connectivity index (χ0n) is 20.1. The van der Waals surface area contributed by atoms with Crippen LogP contribution in [-0.4, -0.2) is 69.8 Å². The topological polar surface area (TPSA) is 92.7 Å². The number of carbonyl (C=O) groups excluding carboxylic acids is 3. The molecule has 9 heteroatoms. The van der Waals surface area contributed by atoms with Crippen LogP contribution in [0.1, 0.15) is 45.4 Å². The van der Waals surface area contributed by atoms with Crippen molar-refractivity contribution in [2.24, 2.45) is 0 Å². The van der Waals surface area contributed by atoms with Crippen LogP contribution in [-0.2, 0) is 16.0 Å². The first-order valence-corrected chi connectivity index (χ1v) is 12.5. The zero-order valence-corrected chi connectivity index (χ0v) is 20.9. The van der Waals surface area contributed by atoms with Gasteiger partial charge in [-0.05, 0) is 32.2 Å². The molecular formula is C26H28N4O4S. The number of hydrogen-bond acceptors (Lipinski definition) is 7. The van der Waals surface area contributed by atoms with Gasteiger partial charge in [-0.15, -0.1) is 11.3 Å². The third-order valence-electron chi connectivity index (χ3n) is 5.89. The summed E-state index contributed by atoms with van der Waals surface area (Å²) in [4.78, 5) is 52.8. The van der Waals surface area contributed by atoms with E-state index in [1.54, 1.807) is 30.1 Å². The van der Waals surface area contributed by atoms with E-state index < -0.39 is 5.97 Å². The number of ether oxygens (including phenoxy) is 1. The molecule has 0 spiro atoms. The lowest BCUT2D eigenvalue weighted by Crippen LogP contribution is -2.56. The second kappa shape index (κ2) is 10.8. The lowest BCUT2D eigenvalue weighted by Gasteiger charge is -2.40.